The fourth-order valence-corrected chi connectivity index (χ4v) is 3.23. The van der Waals surface area contributed by atoms with Crippen molar-refractivity contribution in [3.8, 4) is 0 Å². The molecule has 21 heavy (non-hydrogen) atoms. The van der Waals surface area contributed by atoms with Gasteiger partial charge in [-0.15, -0.1) is 11.3 Å². The van der Waals surface area contributed by atoms with Gasteiger partial charge in [0.2, 0.25) is 0 Å². The Labute approximate surface area is 131 Å². The van der Waals surface area contributed by atoms with Crippen molar-refractivity contribution in [2.75, 3.05) is 40.9 Å². The molecule has 1 atom stereocenters. The molecule has 0 saturated heterocycles. The quantitative estimate of drug-likeness (QED) is 0.721. The van der Waals surface area contributed by atoms with E-state index >= 15 is 0 Å². The van der Waals surface area contributed by atoms with Gasteiger partial charge in [0.05, 0.1) is 6.61 Å². The number of hydrogen-bond donors (Lipinski definition) is 1. The van der Waals surface area contributed by atoms with Crippen molar-refractivity contribution in [2.24, 2.45) is 0 Å². The molecule has 0 aliphatic heterocycles. The van der Waals surface area contributed by atoms with Crippen molar-refractivity contribution < 1.29 is 4.74 Å². The Morgan fingerprint density at radius 2 is 2.10 bits per heavy atom. The van der Waals surface area contributed by atoms with Gasteiger partial charge in [-0.3, -0.25) is 0 Å². The summed E-state index contributed by atoms with van der Waals surface area (Å²) in [4.78, 5) is 2.21. The first kappa shape index (κ1) is 16.4. The molecule has 1 unspecified atom stereocenters. The Balaban J connectivity index is 1.67. The third kappa shape index (κ3) is 5.40. The second-order valence-corrected chi connectivity index (χ2v) is 6.64. The summed E-state index contributed by atoms with van der Waals surface area (Å²) in [5.41, 5.74) is 1.36. The topological polar surface area (TPSA) is 24.5 Å². The lowest BCUT2D eigenvalue weighted by molar-refractivity contribution is 0.124. The lowest BCUT2D eigenvalue weighted by atomic mass is 10.1. The van der Waals surface area contributed by atoms with E-state index in [1.165, 1.54) is 15.6 Å². The zero-order valence-corrected chi connectivity index (χ0v) is 14.1. The minimum atomic E-state index is 0.502. The van der Waals surface area contributed by atoms with Crippen molar-refractivity contribution in [1.82, 2.24) is 10.2 Å². The van der Waals surface area contributed by atoms with Crippen molar-refractivity contribution in [2.45, 2.75) is 18.9 Å². The molecule has 0 radical (unpaired) electrons. The van der Waals surface area contributed by atoms with Crippen LogP contribution in [-0.2, 0) is 11.2 Å². The fraction of sp³-hybridized carbons (Fsp3) is 0.529. The highest BCUT2D eigenvalue weighted by atomic mass is 32.1. The molecule has 0 amide bonds. The normalized spacial score (nSPS) is 13.1. The van der Waals surface area contributed by atoms with E-state index in [1.54, 1.807) is 11.3 Å². The molecule has 0 spiro atoms. The molecular formula is C17H26N2OS. The fourth-order valence-electron chi connectivity index (χ4n) is 2.46. The van der Waals surface area contributed by atoms with Crippen molar-refractivity contribution in [3.05, 3.63) is 35.2 Å². The zero-order valence-electron chi connectivity index (χ0n) is 13.3. The minimum Gasteiger partial charge on any atom is -0.381 e. The van der Waals surface area contributed by atoms with Crippen LogP contribution in [0, 0.1) is 0 Å². The van der Waals surface area contributed by atoms with Crippen LogP contribution in [0.1, 0.15) is 12.0 Å². The zero-order chi connectivity index (χ0) is 15.1. The van der Waals surface area contributed by atoms with Crippen LogP contribution in [0.4, 0.5) is 0 Å². The first-order chi connectivity index (χ1) is 10.2. The first-order valence-electron chi connectivity index (χ1n) is 7.55. The van der Waals surface area contributed by atoms with E-state index in [9.17, 15) is 0 Å². The molecule has 2 rings (SSSR count). The maximum atomic E-state index is 5.79. The summed E-state index contributed by atoms with van der Waals surface area (Å²) >= 11 is 1.80. The molecule has 116 valence electrons. The van der Waals surface area contributed by atoms with Crippen molar-refractivity contribution >= 4 is 21.4 Å². The van der Waals surface area contributed by atoms with E-state index in [1.807, 2.05) is 7.05 Å². The largest absolute Gasteiger partial charge is 0.381 e. The van der Waals surface area contributed by atoms with Gasteiger partial charge in [-0.2, -0.15) is 0 Å². The van der Waals surface area contributed by atoms with Gasteiger partial charge in [0, 0.05) is 23.9 Å². The van der Waals surface area contributed by atoms with Gasteiger partial charge in [-0.1, -0.05) is 12.1 Å². The molecule has 4 heteroatoms. The Bertz CT molecular complexity index is 538. The summed E-state index contributed by atoms with van der Waals surface area (Å²) in [6, 6.07) is 9.39. The molecule has 3 nitrogen and oxygen atoms in total. The molecule has 0 fully saturated rings. The standard InChI is InChI=1S/C17H26N2OS/c1-18-16(13-19(2)3)7-10-20-9-6-14-4-5-17-15(12-14)8-11-21-17/h4-5,8,11-12,16,18H,6-7,9-10,13H2,1-3H3. The van der Waals surface area contributed by atoms with Gasteiger partial charge in [0.1, 0.15) is 0 Å². The van der Waals surface area contributed by atoms with Crippen LogP contribution in [0.25, 0.3) is 10.1 Å². The maximum absolute atomic E-state index is 5.79. The SMILES string of the molecule is CNC(CCOCCc1ccc2sccc2c1)CN(C)C. The number of likely N-dealkylation sites (N-methyl/N-ethyl adjacent to an activating group) is 2. The Hall–Kier alpha value is -0.940. The van der Waals surface area contributed by atoms with Crippen molar-refractivity contribution in [1.29, 1.82) is 0 Å². The molecule has 0 bridgehead atoms. The van der Waals surface area contributed by atoms with Gasteiger partial charge in [-0.05, 0) is 62.4 Å². The number of fused-ring (bicyclic) bond motifs is 1. The average Bonchev–Trinajstić information content (AvgIpc) is 2.92. The smallest absolute Gasteiger partial charge is 0.0506 e. The summed E-state index contributed by atoms with van der Waals surface area (Å²) in [5, 5.41) is 6.83. The molecule has 0 aliphatic carbocycles. The minimum absolute atomic E-state index is 0.502. The van der Waals surface area contributed by atoms with Crippen molar-refractivity contribution in [3.63, 3.8) is 0 Å². The van der Waals surface area contributed by atoms with Crippen LogP contribution >= 0.6 is 11.3 Å². The Morgan fingerprint density at radius 1 is 1.24 bits per heavy atom. The summed E-state index contributed by atoms with van der Waals surface area (Å²) in [5.74, 6) is 0. The van der Waals surface area contributed by atoms with E-state index in [0.717, 1.165) is 32.6 Å². The number of nitrogens with one attached hydrogen (secondary N) is 1. The summed E-state index contributed by atoms with van der Waals surface area (Å²) in [6.07, 6.45) is 2.04. The molecule has 1 N–H and O–H groups in total. The van der Waals surface area contributed by atoms with E-state index in [2.05, 4.69) is 54.0 Å². The van der Waals surface area contributed by atoms with E-state index in [0.29, 0.717) is 6.04 Å². The number of rotatable bonds is 9. The lowest BCUT2D eigenvalue weighted by Gasteiger charge is -2.20. The molecule has 1 aromatic carbocycles. The second-order valence-electron chi connectivity index (χ2n) is 5.69. The van der Waals surface area contributed by atoms with Gasteiger partial charge in [0.25, 0.3) is 0 Å². The van der Waals surface area contributed by atoms with Crippen LogP contribution < -0.4 is 5.32 Å². The van der Waals surface area contributed by atoms with E-state index < -0.39 is 0 Å². The number of benzene rings is 1. The summed E-state index contributed by atoms with van der Waals surface area (Å²) < 4.78 is 7.15. The highest BCUT2D eigenvalue weighted by Crippen LogP contribution is 2.21. The van der Waals surface area contributed by atoms with Crippen LogP contribution in [0.3, 0.4) is 0 Å². The van der Waals surface area contributed by atoms with Gasteiger partial charge >= 0.3 is 0 Å². The predicted molar refractivity (Wildman–Crippen MR) is 92.4 cm³/mol. The van der Waals surface area contributed by atoms with Gasteiger partial charge in [0.15, 0.2) is 0 Å². The number of ether oxygens (including phenoxy) is 1. The van der Waals surface area contributed by atoms with Crippen LogP contribution in [0.15, 0.2) is 29.6 Å². The predicted octanol–water partition coefficient (Wildman–Crippen LogP) is 3.00. The Morgan fingerprint density at radius 3 is 2.86 bits per heavy atom. The molecule has 2 aromatic rings. The first-order valence-corrected chi connectivity index (χ1v) is 8.43. The van der Waals surface area contributed by atoms with Gasteiger partial charge in [-0.25, -0.2) is 0 Å². The number of thiophene rings is 1. The van der Waals surface area contributed by atoms with E-state index in [-0.39, 0.29) is 0 Å². The van der Waals surface area contributed by atoms with Crippen LogP contribution in [-0.4, -0.2) is 51.8 Å². The molecular weight excluding hydrogens is 280 g/mol. The van der Waals surface area contributed by atoms with Gasteiger partial charge < -0.3 is 15.0 Å². The maximum Gasteiger partial charge on any atom is 0.0506 e. The number of nitrogens with zero attached hydrogens (tertiary/aromatic N) is 1. The third-order valence-electron chi connectivity index (χ3n) is 3.66. The highest BCUT2D eigenvalue weighted by molar-refractivity contribution is 7.17. The molecule has 1 aromatic heterocycles. The summed E-state index contributed by atoms with van der Waals surface area (Å²) in [7, 11) is 6.22. The summed E-state index contributed by atoms with van der Waals surface area (Å²) in [6.45, 7) is 2.67. The molecule has 0 aliphatic rings. The molecule has 1 heterocycles. The van der Waals surface area contributed by atoms with Crippen LogP contribution in [0.5, 0.6) is 0 Å². The van der Waals surface area contributed by atoms with Crippen LogP contribution in [0.2, 0.25) is 0 Å². The highest BCUT2D eigenvalue weighted by Gasteiger charge is 2.06. The lowest BCUT2D eigenvalue weighted by Crippen LogP contribution is -2.36. The third-order valence-corrected chi connectivity index (χ3v) is 4.55. The Kier molecular flexibility index (Phi) is 6.64. The second kappa shape index (κ2) is 8.49. The molecule has 0 saturated carbocycles. The number of hydrogen-bond acceptors (Lipinski definition) is 4. The van der Waals surface area contributed by atoms with E-state index in [4.69, 9.17) is 4.74 Å². The average molecular weight is 306 g/mol. The monoisotopic (exact) mass is 306 g/mol.